The van der Waals surface area contributed by atoms with Crippen LogP contribution in [0.3, 0.4) is 0 Å². The van der Waals surface area contributed by atoms with Crippen LogP contribution in [0, 0.1) is 11.7 Å². The molecule has 3 N–H and O–H groups in total. The Bertz CT molecular complexity index is 1420. The molecule has 11 heteroatoms. The third-order valence-corrected chi connectivity index (χ3v) is 8.01. The molecule has 1 aliphatic rings. The number of amides is 2. The number of phenolic OH excluding ortho intramolecular Hbond substituents is 1. The number of carbonyl (C=O) groups excluding carboxylic acids is 2. The number of rotatable bonds is 11. The number of hydrazone groups is 1. The summed E-state index contributed by atoms with van der Waals surface area (Å²) in [6.07, 6.45) is 0.791. The maximum absolute atomic E-state index is 13.6. The van der Waals surface area contributed by atoms with Crippen LogP contribution in [0.15, 0.2) is 71.8 Å². The van der Waals surface area contributed by atoms with Gasteiger partial charge in [-0.05, 0) is 48.4 Å². The van der Waals surface area contributed by atoms with Gasteiger partial charge in [-0.1, -0.05) is 56.3 Å². The number of para-hydroxylation sites is 2. The van der Waals surface area contributed by atoms with Crippen LogP contribution in [-0.2, 0) is 4.79 Å². The Balaban J connectivity index is 1.64. The number of hydrogen-bond acceptors (Lipinski definition) is 8. The predicted molar refractivity (Wildman–Crippen MR) is 155 cm³/mol. The van der Waals surface area contributed by atoms with E-state index in [0.717, 1.165) is 6.42 Å². The average molecular weight is 582 g/mol. The van der Waals surface area contributed by atoms with Crippen molar-refractivity contribution in [1.82, 2.24) is 10.3 Å². The van der Waals surface area contributed by atoms with E-state index in [0.29, 0.717) is 21.9 Å². The monoisotopic (exact) mass is 581 g/mol. The first-order valence-corrected chi connectivity index (χ1v) is 14.0. The molecule has 2 amide bonds. The molecule has 0 bridgehead atoms. The van der Waals surface area contributed by atoms with Gasteiger partial charge < -0.3 is 25.0 Å². The molecule has 4 rings (SSSR count). The van der Waals surface area contributed by atoms with Crippen LogP contribution < -0.4 is 14.8 Å². The zero-order valence-corrected chi connectivity index (χ0v) is 23.7. The largest absolute Gasteiger partial charge is 0.507 e. The Kier molecular flexibility index (Phi) is 9.85. The number of carbonyl (C=O) groups is 2. The van der Waals surface area contributed by atoms with Crippen LogP contribution in [0.25, 0.3) is 0 Å². The lowest BCUT2D eigenvalue weighted by Gasteiger charge is -2.24. The smallest absolute Gasteiger partial charge is 0.279 e. The molecule has 41 heavy (non-hydrogen) atoms. The number of nitrogens with one attached hydrogen (secondary N) is 1. The zero-order valence-electron chi connectivity index (χ0n) is 22.9. The second-order valence-corrected chi connectivity index (χ2v) is 10.5. The number of aliphatic hydroxyl groups is 1. The average Bonchev–Trinajstić information content (AvgIpc) is 3.43. The molecule has 1 aliphatic heterocycles. The minimum Gasteiger partial charge on any atom is -0.507 e. The highest BCUT2D eigenvalue weighted by Crippen LogP contribution is 2.47. The molecule has 3 aromatic rings. The van der Waals surface area contributed by atoms with Gasteiger partial charge in [-0.2, -0.15) is 5.10 Å². The maximum atomic E-state index is 13.6. The summed E-state index contributed by atoms with van der Waals surface area (Å²) >= 11 is 1.25. The van der Waals surface area contributed by atoms with Gasteiger partial charge in [0.05, 0.1) is 25.3 Å². The Morgan fingerprint density at radius 2 is 1.85 bits per heavy atom. The summed E-state index contributed by atoms with van der Waals surface area (Å²) in [5.41, 5.74) is 1.20. The van der Waals surface area contributed by atoms with Crippen molar-refractivity contribution in [3.63, 3.8) is 0 Å². The van der Waals surface area contributed by atoms with E-state index in [1.807, 2.05) is 13.8 Å². The van der Waals surface area contributed by atoms with Crippen LogP contribution in [0.2, 0.25) is 0 Å². The number of halogens is 1. The number of phenols is 1. The lowest BCUT2D eigenvalue weighted by Crippen LogP contribution is -2.43. The lowest BCUT2D eigenvalue weighted by atomic mass is 10.00. The molecule has 216 valence electrons. The van der Waals surface area contributed by atoms with Crippen LogP contribution in [0.4, 0.5) is 4.39 Å². The summed E-state index contributed by atoms with van der Waals surface area (Å²) in [5.74, 6) is -0.888. The quantitative estimate of drug-likeness (QED) is 0.300. The van der Waals surface area contributed by atoms with E-state index in [9.17, 15) is 24.2 Å². The highest BCUT2D eigenvalue weighted by Gasteiger charge is 2.37. The van der Waals surface area contributed by atoms with E-state index < -0.39 is 29.0 Å². The van der Waals surface area contributed by atoms with E-state index in [1.165, 1.54) is 48.1 Å². The standard InChI is InChI=1S/C30H32FN3O6S/c1-4-18(2)23(16-35)32-26(37)17-40-25-11-7-9-22(27(25)39-3)30-34(29(38)21-8-5-6-10-24(21)36)33-28(41-30)19-12-14-20(31)15-13-19/h5-15,18,23,30,35-36H,4,16-17H2,1-3H3,(H,32,37)/t18-,23+,30?/m0/s1. The van der Waals surface area contributed by atoms with Crippen LogP contribution in [-0.4, -0.2) is 58.4 Å². The topological polar surface area (TPSA) is 121 Å². The van der Waals surface area contributed by atoms with E-state index in [-0.39, 0.29) is 36.2 Å². The molecule has 1 unspecified atom stereocenters. The molecule has 0 radical (unpaired) electrons. The predicted octanol–water partition coefficient (Wildman–Crippen LogP) is 4.69. The summed E-state index contributed by atoms with van der Waals surface area (Å²) in [4.78, 5) is 26.2. The second-order valence-electron chi connectivity index (χ2n) is 9.46. The first-order chi connectivity index (χ1) is 19.8. The van der Waals surface area contributed by atoms with Crippen molar-refractivity contribution in [2.24, 2.45) is 11.0 Å². The first-order valence-electron chi connectivity index (χ1n) is 13.1. The zero-order chi connectivity index (χ0) is 29.5. The third-order valence-electron chi connectivity index (χ3n) is 6.79. The number of aromatic hydroxyl groups is 1. The number of nitrogens with zero attached hydrogens (tertiary/aromatic N) is 2. The molecule has 9 nitrogen and oxygen atoms in total. The molecule has 1 heterocycles. The van der Waals surface area contributed by atoms with Crippen LogP contribution in [0.1, 0.15) is 47.1 Å². The number of methoxy groups -OCH3 is 1. The third kappa shape index (κ3) is 6.80. The van der Waals surface area contributed by atoms with Crippen molar-refractivity contribution in [2.75, 3.05) is 20.3 Å². The molecular formula is C30H32FN3O6S. The highest BCUT2D eigenvalue weighted by atomic mass is 32.2. The van der Waals surface area contributed by atoms with Gasteiger partial charge in [0.15, 0.2) is 18.1 Å². The van der Waals surface area contributed by atoms with Gasteiger partial charge in [0.2, 0.25) is 0 Å². The summed E-state index contributed by atoms with van der Waals surface area (Å²) in [5, 5.41) is 28.3. The van der Waals surface area contributed by atoms with Crippen LogP contribution >= 0.6 is 11.8 Å². The first kappa shape index (κ1) is 29.9. The van der Waals surface area contributed by atoms with Gasteiger partial charge in [-0.3, -0.25) is 9.59 Å². The van der Waals surface area contributed by atoms with E-state index in [4.69, 9.17) is 9.47 Å². The van der Waals surface area contributed by atoms with Gasteiger partial charge in [-0.15, -0.1) is 0 Å². The van der Waals surface area contributed by atoms with E-state index in [1.54, 1.807) is 42.5 Å². The van der Waals surface area contributed by atoms with Gasteiger partial charge in [-0.25, -0.2) is 9.40 Å². The van der Waals surface area contributed by atoms with Crippen molar-refractivity contribution in [3.8, 4) is 17.2 Å². The van der Waals surface area contributed by atoms with Gasteiger partial charge in [0.1, 0.15) is 22.0 Å². The molecular weight excluding hydrogens is 549 g/mol. The summed E-state index contributed by atoms with van der Waals surface area (Å²) in [6, 6.07) is 16.6. The van der Waals surface area contributed by atoms with Crippen molar-refractivity contribution in [2.45, 2.75) is 31.7 Å². The second kappa shape index (κ2) is 13.5. The Labute approximate surface area is 242 Å². The van der Waals surface area contributed by atoms with E-state index >= 15 is 0 Å². The molecule has 0 aliphatic carbocycles. The molecule has 0 saturated heterocycles. The highest BCUT2D eigenvalue weighted by molar-refractivity contribution is 8.14. The van der Waals surface area contributed by atoms with Crippen molar-refractivity contribution >= 4 is 28.6 Å². The number of aliphatic hydroxyl groups excluding tert-OH is 1. The van der Waals surface area contributed by atoms with Crippen molar-refractivity contribution < 1.29 is 33.7 Å². The normalized spacial score (nSPS) is 16.1. The molecule has 3 atom stereocenters. The SMILES string of the molecule is CC[C@H](C)[C@@H](CO)NC(=O)COc1cccc(C2SC(c3ccc(F)cc3)=NN2C(=O)c2ccccc2O)c1OC. The number of ether oxygens (including phenoxy) is 2. The number of thioether (sulfide) groups is 1. The fourth-order valence-electron chi connectivity index (χ4n) is 4.28. The van der Waals surface area contributed by atoms with Crippen molar-refractivity contribution in [1.29, 1.82) is 0 Å². The minimum absolute atomic E-state index is 0.0602. The van der Waals surface area contributed by atoms with Gasteiger partial charge in [0.25, 0.3) is 11.8 Å². The van der Waals surface area contributed by atoms with E-state index in [2.05, 4.69) is 10.4 Å². The Morgan fingerprint density at radius 1 is 1.12 bits per heavy atom. The molecule has 0 saturated carbocycles. The summed E-state index contributed by atoms with van der Waals surface area (Å²) in [7, 11) is 1.45. The van der Waals surface area contributed by atoms with Crippen LogP contribution in [0.5, 0.6) is 17.2 Å². The molecule has 0 fully saturated rings. The molecule has 0 aromatic heterocycles. The maximum Gasteiger partial charge on any atom is 0.279 e. The molecule has 0 spiro atoms. The molecule has 3 aromatic carbocycles. The summed E-state index contributed by atoms with van der Waals surface area (Å²) < 4.78 is 25.1. The van der Waals surface area contributed by atoms with Crippen molar-refractivity contribution in [3.05, 3.63) is 89.2 Å². The number of benzene rings is 3. The Hall–Kier alpha value is -4.09. The lowest BCUT2D eigenvalue weighted by molar-refractivity contribution is -0.124. The Morgan fingerprint density at radius 3 is 2.51 bits per heavy atom. The van der Waals surface area contributed by atoms with Gasteiger partial charge >= 0.3 is 0 Å². The summed E-state index contributed by atoms with van der Waals surface area (Å²) in [6.45, 7) is 3.42. The number of hydrogen-bond donors (Lipinski definition) is 3. The fourth-order valence-corrected chi connectivity index (χ4v) is 5.45. The van der Waals surface area contributed by atoms with Gasteiger partial charge in [0, 0.05) is 11.1 Å². The fraction of sp³-hybridized carbons (Fsp3) is 0.300. The minimum atomic E-state index is -0.737.